The van der Waals surface area contributed by atoms with E-state index in [0.29, 0.717) is 28.5 Å². The molecule has 2 saturated carbocycles. The van der Waals surface area contributed by atoms with E-state index in [0.717, 1.165) is 38.5 Å². The Kier molecular flexibility index (Phi) is 6.80. The number of carbonyl (C=O) groups excluding carboxylic acids is 1. The Balaban J connectivity index is 1.41. The summed E-state index contributed by atoms with van der Waals surface area (Å²) >= 11 is 0. The van der Waals surface area contributed by atoms with Crippen molar-refractivity contribution >= 4 is 12.1 Å². The van der Waals surface area contributed by atoms with E-state index in [1.54, 1.807) is 23.7 Å². The molecule has 2 aromatic heterocycles. The molecule has 0 unspecified atom stereocenters. The third-order valence-electron chi connectivity index (χ3n) is 6.72. The minimum Gasteiger partial charge on any atom is -0.489 e. The molecule has 1 N–H and O–H groups in total. The van der Waals surface area contributed by atoms with Crippen LogP contribution in [0.15, 0.2) is 12.1 Å². The smallest absolute Gasteiger partial charge is 0.410 e. The van der Waals surface area contributed by atoms with Gasteiger partial charge in [-0.25, -0.2) is 14.5 Å². The van der Waals surface area contributed by atoms with E-state index in [2.05, 4.69) is 15.3 Å². The summed E-state index contributed by atoms with van der Waals surface area (Å²) in [6, 6.07) is 3.94. The van der Waals surface area contributed by atoms with Gasteiger partial charge in [0, 0.05) is 26.6 Å². The number of aromatic nitrogens is 4. The maximum Gasteiger partial charge on any atom is 0.410 e. The molecule has 2 atom stereocenters. The van der Waals surface area contributed by atoms with Crippen molar-refractivity contribution in [2.45, 2.75) is 70.6 Å². The Morgan fingerprint density at radius 3 is 2.70 bits per heavy atom. The van der Waals surface area contributed by atoms with Crippen LogP contribution in [-0.4, -0.2) is 61.2 Å². The molecule has 4 rings (SSSR count). The van der Waals surface area contributed by atoms with E-state index in [1.807, 2.05) is 19.1 Å². The van der Waals surface area contributed by atoms with Gasteiger partial charge in [-0.1, -0.05) is 5.21 Å². The predicted molar refractivity (Wildman–Crippen MR) is 119 cm³/mol. The van der Waals surface area contributed by atoms with Gasteiger partial charge in [0.25, 0.3) is 0 Å². The average Bonchev–Trinajstić information content (AvgIpc) is 3.32. The Morgan fingerprint density at radius 2 is 2.03 bits per heavy atom. The number of aryl methyl sites for hydroxylation is 2. The number of amides is 1. The summed E-state index contributed by atoms with van der Waals surface area (Å²) in [6.45, 7) is 1.92. The molecule has 10 heteroatoms. The lowest BCUT2D eigenvalue weighted by Crippen LogP contribution is -2.41. The number of pyridine rings is 1. The molecule has 33 heavy (non-hydrogen) atoms. The fraction of sp³-hybridized carbons (Fsp3) is 0.609. The van der Waals surface area contributed by atoms with E-state index < -0.39 is 5.97 Å². The number of nitrogens with zero attached hydrogens (tertiary/aromatic N) is 5. The molecular weight excluding hydrogens is 426 g/mol. The SMILES string of the molecule is Cc1nc(-c2nnn(C)c2COC(=O)N(C)C2CCC2)ccc1O[C@H]1CC[C@H](CC(=O)O)C1. The normalized spacial score (nSPS) is 20.3. The fourth-order valence-electron chi connectivity index (χ4n) is 4.45. The number of aliphatic carboxylic acids is 1. The van der Waals surface area contributed by atoms with Crippen LogP contribution in [0.25, 0.3) is 11.4 Å². The molecule has 2 aliphatic carbocycles. The zero-order valence-corrected chi connectivity index (χ0v) is 19.4. The van der Waals surface area contributed by atoms with Crippen molar-refractivity contribution in [3.8, 4) is 17.1 Å². The summed E-state index contributed by atoms with van der Waals surface area (Å²) in [4.78, 5) is 29.6. The summed E-state index contributed by atoms with van der Waals surface area (Å²) in [5.74, 6) is 0.0786. The van der Waals surface area contributed by atoms with Crippen molar-refractivity contribution in [3.05, 3.63) is 23.5 Å². The first-order valence-electron chi connectivity index (χ1n) is 11.5. The van der Waals surface area contributed by atoms with Crippen molar-refractivity contribution in [3.63, 3.8) is 0 Å². The lowest BCUT2D eigenvalue weighted by atomic mass is 9.92. The highest BCUT2D eigenvalue weighted by atomic mass is 16.6. The number of rotatable bonds is 8. The van der Waals surface area contributed by atoms with E-state index in [9.17, 15) is 9.59 Å². The Hall–Kier alpha value is -3.17. The van der Waals surface area contributed by atoms with Gasteiger partial charge in [-0.15, -0.1) is 5.10 Å². The summed E-state index contributed by atoms with van der Waals surface area (Å²) in [5, 5.41) is 17.3. The number of hydrogen-bond acceptors (Lipinski definition) is 7. The first-order valence-corrected chi connectivity index (χ1v) is 11.5. The van der Waals surface area contributed by atoms with Gasteiger partial charge in [0.05, 0.1) is 17.5 Å². The topological polar surface area (TPSA) is 120 Å². The van der Waals surface area contributed by atoms with Crippen molar-refractivity contribution < 1.29 is 24.2 Å². The summed E-state index contributed by atoms with van der Waals surface area (Å²) < 4.78 is 13.2. The standard InChI is InChI=1S/C23H31N5O5/c1-14-20(33-17-8-7-15(11-17)12-21(29)30)10-9-18(24-14)22-19(28(3)26-25-22)13-32-23(31)27(2)16-5-4-6-16/h9-10,15-17H,4-8,11-13H2,1-3H3,(H,29,30)/t15-,17-/m0/s1. The quantitative estimate of drug-likeness (QED) is 0.641. The maximum atomic E-state index is 12.4. The number of ether oxygens (including phenoxy) is 2. The average molecular weight is 458 g/mol. The van der Waals surface area contributed by atoms with E-state index >= 15 is 0 Å². The lowest BCUT2D eigenvalue weighted by Gasteiger charge is -2.33. The first-order chi connectivity index (χ1) is 15.8. The van der Waals surface area contributed by atoms with Gasteiger partial charge in [0.2, 0.25) is 0 Å². The molecule has 2 heterocycles. The minimum absolute atomic E-state index is 0.000141. The number of carbonyl (C=O) groups is 2. The monoisotopic (exact) mass is 457 g/mol. The zero-order chi connectivity index (χ0) is 23.5. The molecule has 0 saturated heterocycles. The van der Waals surface area contributed by atoms with E-state index in [4.69, 9.17) is 14.6 Å². The second kappa shape index (κ2) is 9.76. The Bertz CT molecular complexity index is 1020. The molecule has 10 nitrogen and oxygen atoms in total. The number of hydrogen-bond donors (Lipinski definition) is 1. The number of carboxylic acids is 1. The van der Waals surface area contributed by atoms with Crippen molar-refractivity contribution in [1.82, 2.24) is 24.9 Å². The van der Waals surface area contributed by atoms with Gasteiger partial charge in [-0.05, 0) is 63.5 Å². The highest BCUT2D eigenvalue weighted by Gasteiger charge is 2.29. The highest BCUT2D eigenvalue weighted by molar-refractivity contribution is 5.68. The van der Waals surface area contributed by atoms with Crippen molar-refractivity contribution in [2.75, 3.05) is 7.05 Å². The molecule has 0 radical (unpaired) electrons. The summed E-state index contributed by atoms with van der Waals surface area (Å²) in [5.41, 5.74) is 2.57. The van der Waals surface area contributed by atoms with Gasteiger partial charge in [-0.2, -0.15) is 0 Å². The lowest BCUT2D eigenvalue weighted by molar-refractivity contribution is -0.138. The Labute approximate surface area is 192 Å². The molecule has 2 aliphatic rings. The predicted octanol–water partition coefficient (Wildman–Crippen LogP) is 3.33. The number of carboxylic acid groups (broad SMARTS) is 1. The molecule has 2 aromatic rings. The molecule has 178 valence electrons. The minimum atomic E-state index is -0.761. The highest BCUT2D eigenvalue weighted by Crippen LogP contribution is 2.33. The van der Waals surface area contributed by atoms with Crippen LogP contribution in [0, 0.1) is 12.8 Å². The molecular formula is C23H31N5O5. The van der Waals surface area contributed by atoms with Crippen molar-refractivity contribution in [2.24, 2.45) is 13.0 Å². The summed E-state index contributed by atoms with van der Waals surface area (Å²) in [6.07, 6.45) is 5.46. The van der Waals surface area contributed by atoms with Crippen LogP contribution in [0.5, 0.6) is 5.75 Å². The molecule has 0 aliphatic heterocycles. The van der Waals surface area contributed by atoms with Crippen LogP contribution in [0.4, 0.5) is 4.79 Å². The van der Waals surface area contributed by atoms with Gasteiger partial charge in [0.1, 0.15) is 23.7 Å². The maximum absolute atomic E-state index is 12.4. The van der Waals surface area contributed by atoms with Gasteiger partial charge >= 0.3 is 12.1 Å². The third kappa shape index (κ3) is 5.26. The van der Waals surface area contributed by atoms with Crippen LogP contribution in [0.1, 0.15) is 56.3 Å². The van der Waals surface area contributed by atoms with Gasteiger partial charge in [-0.3, -0.25) is 4.79 Å². The van der Waals surface area contributed by atoms with E-state index in [1.165, 1.54) is 0 Å². The molecule has 0 bridgehead atoms. The van der Waals surface area contributed by atoms with Gasteiger partial charge in [0.15, 0.2) is 0 Å². The second-order valence-electron chi connectivity index (χ2n) is 9.06. The summed E-state index contributed by atoms with van der Waals surface area (Å²) in [7, 11) is 3.53. The first kappa shape index (κ1) is 23.0. The molecule has 0 aromatic carbocycles. The molecule has 1 amide bonds. The van der Waals surface area contributed by atoms with Crippen LogP contribution in [0.2, 0.25) is 0 Å². The van der Waals surface area contributed by atoms with Gasteiger partial charge < -0.3 is 19.5 Å². The van der Waals surface area contributed by atoms with Crippen LogP contribution >= 0.6 is 0 Å². The molecule has 0 spiro atoms. The van der Waals surface area contributed by atoms with Crippen molar-refractivity contribution in [1.29, 1.82) is 0 Å². The zero-order valence-electron chi connectivity index (χ0n) is 19.4. The third-order valence-corrected chi connectivity index (χ3v) is 6.72. The second-order valence-corrected chi connectivity index (χ2v) is 9.06. The molecule has 2 fully saturated rings. The Morgan fingerprint density at radius 1 is 1.24 bits per heavy atom. The largest absolute Gasteiger partial charge is 0.489 e. The van der Waals surface area contributed by atoms with Crippen LogP contribution in [-0.2, 0) is 23.2 Å². The van der Waals surface area contributed by atoms with Crippen LogP contribution in [0.3, 0.4) is 0 Å². The fourth-order valence-corrected chi connectivity index (χ4v) is 4.45. The van der Waals surface area contributed by atoms with Crippen LogP contribution < -0.4 is 4.74 Å². The van der Waals surface area contributed by atoms with E-state index in [-0.39, 0.29) is 37.2 Å².